The molecule has 5 nitrogen and oxygen atoms in total. The zero-order chi connectivity index (χ0) is 14.6. The summed E-state index contributed by atoms with van der Waals surface area (Å²) in [6, 6.07) is -1.54. The maximum absolute atomic E-state index is 12.6. The van der Waals surface area contributed by atoms with E-state index >= 15 is 0 Å². The van der Waals surface area contributed by atoms with Crippen molar-refractivity contribution in [3.05, 3.63) is 0 Å². The van der Waals surface area contributed by atoms with Gasteiger partial charge in [-0.25, -0.2) is 9.59 Å². The summed E-state index contributed by atoms with van der Waals surface area (Å²) < 4.78 is 37.7. The van der Waals surface area contributed by atoms with Gasteiger partial charge in [0.05, 0.1) is 0 Å². The molecule has 0 aliphatic heterocycles. The molecule has 9 heteroatoms. The molecule has 2 unspecified atom stereocenters. The van der Waals surface area contributed by atoms with E-state index in [4.69, 9.17) is 5.11 Å². The normalized spacial score (nSPS) is 16.6. The van der Waals surface area contributed by atoms with Crippen LogP contribution >= 0.6 is 11.8 Å². The lowest BCUT2D eigenvalue weighted by Gasteiger charge is -2.29. The smallest absolute Gasteiger partial charge is 0.422 e. The second-order valence-corrected chi connectivity index (χ2v) is 4.79. The van der Waals surface area contributed by atoms with Gasteiger partial charge in [-0.05, 0) is 20.1 Å². The molecule has 0 aliphatic carbocycles. The lowest BCUT2D eigenvalue weighted by atomic mass is 10.0. The van der Waals surface area contributed by atoms with E-state index in [-0.39, 0.29) is 6.04 Å². The Kier molecular flexibility index (Phi) is 5.78. The van der Waals surface area contributed by atoms with Crippen LogP contribution in [0.1, 0.15) is 13.8 Å². The second-order valence-electron chi connectivity index (χ2n) is 3.88. The molecule has 0 aromatic heterocycles. The molecule has 18 heavy (non-hydrogen) atoms. The number of aliphatic carboxylic acids is 1. The quantitative estimate of drug-likeness (QED) is 0.715. The van der Waals surface area contributed by atoms with Gasteiger partial charge in [0.2, 0.25) is 5.54 Å². The summed E-state index contributed by atoms with van der Waals surface area (Å²) in [6.45, 7) is 2.00. The van der Waals surface area contributed by atoms with Crippen molar-refractivity contribution in [3.8, 4) is 0 Å². The number of nitrogens with one attached hydrogen (secondary N) is 2. The molecule has 2 atom stereocenters. The van der Waals surface area contributed by atoms with Gasteiger partial charge in [0.1, 0.15) is 0 Å². The number of alkyl halides is 3. The van der Waals surface area contributed by atoms with E-state index in [0.717, 1.165) is 0 Å². The number of carbonyl (C=O) groups is 2. The molecule has 2 amide bonds. The van der Waals surface area contributed by atoms with Crippen LogP contribution in [-0.4, -0.2) is 46.9 Å². The highest BCUT2D eigenvalue weighted by Gasteiger charge is 2.58. The van der Waals surface area contributed by atoms with E-state index in [1.54, 1.807) is 13.2 Å². The van der Waals surface area contributed by atoms with Crippen LogP contribution in [0.4, 0.5) is 18.0 Å². The molecule has 0 spiro atoms. The van der Waals surface area contributed by atoms with Gasteiger partial charge in [-0.3, -0.25) is 0 Å². The summed E-state index contributed by atoms with van der Waals surface area (Å²) in [4.78, 5) is 21.9. The molecule has 0 aliphatic rings. The number of amides is 2. The first-order valence-electron chi connectivity index (χ1n) is 4.92. The minimum atomic E-state index is -5.08. The lowest BCUT2D eigenvalue weighted by Crippen LogP contribution is -2.64. The molecular weight excluding hydrogens is 273 g/mol. The van der Waals surface area contributed by atoms with Gasteiger partial charge in [0.15, 0.2) is 0 Å². The molecule has 3 N–H and O–H groups in total. The Morgan fingerprint density at radius 3 is 2.22 bits per heavy atom. The number of urea groups is 1. The van der Waals surface area contributed by atoms with Gasteiger partial charge in [-0.15, -0.1) is 0 Å². The van der Waals surface area contributed by atoms with Crippen LogP contribution in [0.3, 0.4) is 0 Å². The average molecular weight is 288 g/mol. The summed E-state index contributed by atoms with van der Waals surface area (Å²) in [5.74, 6) is -1.66. The third-order valence-corrected chi connectivity index (χ3v) is 2.99. The van der Waals surface area contributed by atoms with Crippen molar-refractivity contribution in [1.29, 1.82) is 0 Å². The highest BCUT2D eigenvalue weighted by atomic mass is 32.2. The molecule has 0 fully saturated rings. The highest BCUT2D eigenvalue weighted by molar-refractivity contribution is 7.98. The summed E-state index contributed by atoms with van der Waals surface area (Å²) in [5.41, 5.74) is -3.31. The molecule has 0 aromatic carbocycles. The fourth-order valence-electron chi connectivity index (χ4n) is 1.02. The molecule has 0 bridgehead atoms. The van der Waals surface area contributed by atoms with Crippen LogP contribution in [0, 0.1) is 0 Å². The molecule has 0 saturated heterocycles. The number of rotatable bonds is 5. The van der Waals surface area contributed by atoms with Crippen LogP contribution in [-0.2, 0) is 4.79 Å². The van der Waals surface area contributed by atoms with Crippen molar-refractivity contribution in [2.24, 2.45) is 0 Å². The Morgan fingerprint density at radius 1 is 1.39 bits per heavy atom. The Hall–Kier alpha value is -1.12. The van der Waals surface area contributed by atoms with Gasteiger partial charge in [-0.1, -0.05) is 0 Å². The molecule has 0 aromatic rings. The summed E-state index contributed by atoms with van der Waals surface area (Å²) in [7, 11) is 0. The van der Waals surface area contributed by atoms with Crippen LogP contribution in [0.15, 0.2) is 0 Å². The van der Waals surface area contributed by atoms with E-state index < -0.39 is 23.7 Å². The van der Waals surface area contributed by atoms with Crippen LogP contribution in [0.25, 0.3) is 0 Å². The number of thioether (sulfide) groups is 1. The largest absolute Gasteiger partial charge is 0.479 e. The Balaban J connectivity index is 4.73. The van der Waals surface area contributed by atoms with E-state index in [0.29, 0.717) is 12.7 Å². The minimum absolute atomic E-state index is 0.369. The van der Waals surface area contributed by atoms with E-state index in [1.165, 1.54) is 17.1 Å². The van der Waals surface area contributed by atoms with E-state index in [9.17, 15) is 22.8 Å². The highest BCUT2D eigenvalue weighted by Crippen LogP contribution is 2.30. The predicted octanol–water partition coefficient (Wildman–Crippen LogP) is 1.44. The van der Waals surface area contributed by atoms with Crippen LogP contribution in [0.5, 0.6) is 0 Å². The standard InChI is InChI=1S/C9H15F3N2O3S/c1-5(4-18-3)13-7(17)14-8(2,6(15)16)9(10,11)12/h5H,4H2,1-3H3,(H,15,16)(H2,13,14,17). The van der Waals surface area contributed by atoms with Crippen molar-refractivity contribution in [2.45, 2.75) is 31.6 Å². The molecule has 0 rings (SSSR count). The lowest BCUT2D eigenvalue weighted by molar-refractivity contribution is -0.203. The van der Waals surface area contributed by atoms with Gasteiger partial charge >= 0.3 is 18.2 Å². The Bertz CT molecular complexity index is 325. The van der Waals surface area contributed by atoms with E-state index in [1.807, 2.05) is 0 Å². The first-order chi connectivity index (χ1) is 8.04. The zero-order valence-electron chi connectivity index (χ0n) is 10.1. The fraction of sp³-hybridized carbons (Fsp3) is 0.778. The van der Waals surface area contributed by atoms with Gasteiger partial charge in [-0.2, -0.15) is 24.9 Å². The predicted molar refractivity (Wildman–Crippen MR) is 61.6 cm³/mol. The van der Waals surface area contributed by atoms with E-state index in [2.05, 4.69) is 5.32 Å². The number of carbonyl (C=O) groups excluding carboxylic acids is 1. The average Bonchev–Trinajstić information content (AvgIpc) is 2.14. The molecule has 0 radical (unpaired) electrons. The number of halogens is 3. The van der Waals surface area contributed by atoms with Gasteiger partial charge in [0, 0.05) is 11.8 Å². The third-order valence-electron chi connectivity index (χ3n) is 2.15. The molecular formula is C9H15F3N2O3S. The zero-order valence-corrected chi connectivity index (χ0v) is 10.9. The fourth-order valence-corrected chi connectivity index (χ4v) is 1.61. The van der Waals surface area contributed by atoms with Crippen molar-refractivity contribution in [2.75, 3.05) is 12.0 Å². The third kappa shape index (κ3) is 4.28. The van der Waals surface area contributed by atoms with Crippen molar-refractivity contribution in [3.63, 3.8) is 0 Å². The molecule has 0 saturated carbocycles. The minimum Gasteiger partial charge on any atom is -0.479 e. The number of carboxylic acids is 1. The summed E-state index contributed by atoms with van der Waals surface area (Å²) in [5, 5.41) is 12.3. The van der Waals surface area contributed by atoms with Crippen molar-refractivity contribution < 1.29 is 27.9 Å². The van der Waals surface area contributed by atoms with Gasteiger partial charge in [0.25, 0.3) is 0 Å². The topological polar surface area (TPSA) is 78.4 Å². The first kappa shape index (κ1) is 16.9. The van der Waals surface area contributed by atoms with Crippen molar-refractivity contribution >= 4 is 23.8 Å². The first-order valence-corrected chi connectivity index (χ1v) is 6.31. The summed E-state index contributed by atoms with van der Waals surface area (Å²) in [6.07, 6.45) is -3.31. The second kappa shape index (κ2) is 6.17. The monoisotopic (exact) mass is 288 g/mol. The number of hydrogen-bond donors (Lipinski definition) is 3. The maximum atomic E-state index is 12.6. The SMILES string of the molecule is CSCC(C)NC(=O)NC(C)(C(=O)O)C(F)(F)F. The van der Waals surface area contributed by atoms with Gasteiger partial charge < -0.3 is 15.7 Å². The Morgan fingerprint density at radius 2 is 1.89 bits per heavy atom. The number of carboxylic acid groups (broad SMARTS) is 1. The maximum Gasteiger partial charge on any atom is 0.422 e. The number of hydrogen-bond acceptors (Lipinski definition) is 3. The summed E-state index contributed by atoms with van der Waals surface area (Å²) >= 11 is 1.40. The van der Waals surface area contributed by atoms with Crippen LogP contribution < -0.4 is 10.6 Å². The van der Waals surface area contributed by atoms with Crippen molar-refractivity contribution in [1.82, 2.24) is 10.6 Å². The Labute approximate surface area is 106 Å². The molecule has 106 valence electrons. The molecule has 0 heterocycles. The van der Waals surface area contributed by atoms with Crippen LogP contribution in [0.2, 0.25) is 0 Å².